The van der Waals surface area contributed by atoms with Crippen LogP contribution in [0, 0.1) is 0 Å². The van der Waals surface area contributed by atoms with Crippen molar-refractivity contribution in [2.75, 3.05) is 5.32 Å². The zero-order valence-corrected chi connectivity index (χ0v) is 12.8. The van der Waals surface area contributed by atoms with Gasteiger partial charge in [-0.1, -0.05) is 42.5 Å². The van der Waals surface area contributed by atoms with E-state index in [9.17, 15) is 9.90 Å². The fourth-order valence-corrected chi connectivity index (χ4v) is 2.47. The molecule has 0 aromatic heterocycles. The number of hydrogen-bond acceptors (Lipinski definition) is 2. The maximum Gasteiger partial charge on any atom is 0.255 e. The van der Waals surface area contributed by atoms with Crippen LogP contribution >= 0.6 is 0 Å². The summed E-state index contributed by atoms with van der Waals surface area (Å²) in [4.78, 5) is 12.4. The Bertz CT molecular complexity index is 895. The van der Waals surface area contributed by atoms with Crippen molar-refractivity contribution < 1.29 is 9.90 Å². The number of nitrogens with one attached hydrogen (secondary N) is 1. The molecule has 0 aliphatic carbocycles. The minimum atomic E-state index is -0.186. The van der Waals surface area contributed by atoms with Crippen LogP contribution in [0.4, 0.5) is 5.69 Å². The summed E-state index contributed by atoms with van der Waals surface area (Å²) >= 11 is 0. The average molecular weight is 303 g/mol. The Hall–Kier alpha value is -3.07. The average Bonchev–Trinajstić information content (AvgIpc) is 2.55. The van der Waals surface area contributed by atoms with Crippen LogP contribution in [0.15, 0.2) is 67.2 Å². The minimum Gasteiger partial charge on any atom is -0.508 e. The lowest BCUT2D eigenvalue weighted by Crippen LogP contribution is -2.12. The number of allylic oxidation sites excluding steroid dienone is 1. The first-order valence-corrected chi connectivity index (χ1v) is 7.33. The van der Waals surface area contributed by atoms with Gasteiger partial charge in [0, 0.05) is 16.6 Å². The number of rotatable bonds is 3. The minimum absolute atomic E-state index is 0.171. The number of fused-ring (bicyclic) bond motifs is 1. The summed E-state index contributed by atoms with van der Waals surface area (Å²) in [5, 5.41) is 14.3. The highest BCUT2D eigenvalue weighted by molar-refractivity contribution is 6.09. The maximum atomic E-state index is 12.4. The molecule has 3 rings (SSSR count). The quantitative estimate of drug-likeness (QED) is 0.728. The Morgan fingerprint density at radius 1 is 1.00 bits per heavy atom. The van der Waals surface area contributed by atoms with Crippen molar-refractivity contribution in [3.63, 3.8) is 0 Å². The van der Waals surface area contributed by atoms with Gasteiger partial charge in [0.15, 0.2) is 0 Å². The monoisotopic (exact) mass is 303 g/mol. The second-order valence-corrected chi connectivity index (χ2v) is 5.52. The lowest BCUT2D eigenvalue weighted by atomic mass is 10.1. The molecule has 3 aromatic carbocycles. The van der Waals surface area contributed by atoms with Crippen LogP contribution in [0.2, 0.25) is 0 Å². The number of amides is 1. The molecule has 0 aliphatic rings. The molecule has 1 amide bonds. The van der Waals surface area contributed by atoms with Crippen molar-refractivity contribution in [2.24, 2.45) is 0 Å². The van der Waals surface area contributed by atoms with Crippen LogP contribution in [0.3, 0.4) is 0 Å². The number of carbonyl (C=O) groups is 1. The molecule has 0 atom stereocenters. The lowest BCUT2D eigenvalue weighted by Gasteiger charge is -2.10. The summed E-state index contributed by atoms with van der Waals surface area (Å²) in [6, 6.07) is 18.1. The molecule has 23 heavy (non-hydrogen) atoms. The van der Waals surface area contributed by atoms with Gasteiger partial charge in [-0.15, -0.1) is 0 Å². The van der Waals surface area contributed by atoms with E-state index in [4.69, 9.17) is 0 Å². The summed E-state index contributed by atoms with van der Waals surface area (Å²) in [7, 11) is 0. The number of hydrogen-bond donors (Lipinski definition) is 2. The number of benzene rings is 3. The molecule has 114 valence electrons. The van der Waals surface area contributed by atoms with E-state index in [1.807, 2.05) is 43.3 Å². The van der Waals surface area contributed by atoms with Crippen LogP contribution in [0.5, 0.6) is 5.75 Å². The van der Waals surface area contributed by atoms with Crippen molar-refractivity contribution in [3.05, 3.63) is 78.4 Å². The van der Waals surface area contributed by atoms with E-state index in [1.165, 1.54) is 0 Å². The number of aromatic hydroxyl groups is 1. The summed E-state index contributed by atoms with van der Waals surface area (Å²) in [5.74, 6) is -0.0147. The smallest absolute Gasteiger partial charge is 0.255 e. The van der Waals surface area contributed by atoms with Crippen LogP contribution in [-0.2, 0) is 0 Å². The van der Waals surface area contributed by atoms with Gasteiger partial charge in [-0.3, -0.25) is 4.79 Å². The SMILES string of the molecule is C=C(C)c1ccc(C(=O)Nc2cccc3ccc(O)cc23)cc1. The molecule has 0 saturated heterocycles. The van der Waals surface area contributed by atoms with Crippen molar-refractivity contribution in [2.45, 2.75) is 6.92 Å². The van der Waals surface area contributed by atoms with Gasteiger partial charge >= 0.3 is 0 Å². The number of phenols is 1. The highest BCUT2D eigenvalue weighted by Crippen LogP contribution is 2.27. The molecule has 0 fully saturated rings. The Labute approximate surface area is 134 Å². The van der Waals surface area contributed by atoms with Crippen LogP contribution in [-0.4, -0.2) is 11.0 Å². The van der Waals surface area contributed by atoms with Gasteiger partial charge in [-0.25, -0.2) is 0 Å². The maximum absolute atomic E-state index is 12.4. The third kappa shape index (κ3) is 3.09. The molecule has 2 N–H and O–H groups in total. The van der Waals surface area contributed by atoms with E-state index >= 15 is 0 Å². The normalized spacial score (nSPS) is 10.5. The highest BCUT2D eigenvalue weighted by Gasteiger charge is 2.09. The van der Waals surface area contributed by atoms with Gasteiger partial charge in [0.1, 0.15) is 5.75 Å². The first-order valence-electron chi connectivity index (χ1n) is 7.33. The second kappa shape index (κ2) is 5.97. The van der Waals surface area contributed by atoms with Crippen LogP contribution < -0.4 is 5.32 Å². The van der Waals surface area contributed by atoms with Gasteiger partial charge < -0.3 is 10.4 Å². The topological polar surface area (TPSA) is 49.3 Å². The predicted octanol–water partition coefficient (Wildman–Crippen LogP) is 4.83. The molecular formula is C20H17NO2. The van der Waals surface area contributed by atoms with Gasteiger partial charge in [0.25, 0.3) is 5.91 Å². The fraction of sp³-hybridized carbons (Fsp3) is 0.0500. The first kappa shape index (κ1) is 14.9. The Kier molecular flexibility index (Phi) is 3.85. The molecule has 0 radical (unpaired) electrons. The zero-order valence-electron chi connectivity index (χ0n) is 12.8. The van der Waals surface area contributed by atoms with E-state index in [0.29, 0.717) is 11.3 Å². The molecule has 0 aliphatic heterocycles. The number of carbonyl (C=O) groups excluding carboxylic acids is 1. The highest BCUT2D eigenvalue weighted by atomic mass is 16.3. The van der Waals surface area contributed by atoms with Gasteiger partial charge in [-0.2, -0.15) is 0 Å². The molecular weight excluding hydrogens is 286 g/mol. The van der Waals surface area contributed by atoms with E-state index in [1.54, 1.807) is 24.3 Å². The van der Waals surface area contributed by atoms with Crippen molar-refractivity contribution in [1.82, 2.24) is 0 Å². The Morgan fingerprint density at radius 3 is 2.39 bits per heavy atom. The van der Waals surface area contributed by atoms with Gasteiger partial charge in [-0.05, 0) is 48.2 Å². The third-order valence-corrected chi connectivity index (χ3v) is 3.75. The van der Waals surface area contributed by atoms with E-state index < -0.39 is 0 Å². The molecule has 0 heterocycles. The summed E-state index contributed by atoms with van der Waals surface area (Å²) in [5.41, 5.74) is 3.22. The second-order valence-electron chi connectivity index (χ2n) is 5.52. The molecule has 0 saturated carbocycles. The molecule has 3 aromatic rings. The first-order chi connectivity index (χ1) is 11.0. The molecule has 0 bridgehead atoms. The number of anilines is 1. The van der Waals surface area contributed by atoms with E-state index in [2.05, 4.69) is 11.9 Å². The number of phenolic OH excluding ortho intramolecular Hbond substituents is 1. The van der Waals surface area contributed by atoms with Gasteiger partial charge in [0.2, 0.25) is 0 Å². The standard InChI is InChI=1S/C20H17NO2/c1-13(2)14-6-8-16(9-7-14)20(23)21-19-5-3-4-15-10-11-17(22)12-18(15)19/h3-12,22H,1H2,2H3,(H,21,23). The Balaban J connectivity index is 1.91. The largest absolute Gasteiger partial charge is 0.508 e. The molecule has 3 heteroatoms. The zero-order chi connectivity index (χ0) is 16.4. The van der Waals surface area contributed by atoms with Crippen LogP contribution in [0.1, 0.15) is 22.8 Å². The summed E-state index contributed by atoms with van der Waals surface area (Å²) in [6.07, 6.45) is 0. The molecule has 3 nitrogen and oxygen atoms in total. The van der Waals surface area contributed by atoms with E-state index in [-0.39, 0.29) is 11.7 Å². The third-order valence-electron chi connectivity index (χ3n) is 3.75. The molecule has 0 spiro atoms. The summed E-state index contributed by atoms with van der Waals surface area (Å²) in [6.45, 7) is 5.81. The lowest BCUT2D eigenvalue weighted by molar-refractivity contribution is 0.102. The van der Waals surface area contributed by atoms with E-state index in [0.717, 1.165) is 21.9 Å². The van der Waals surface area contributed by atoms with Crippen LogP contribution in [0.25, 0.3) is 16.3 Å². The van der Waals surface area contributed by atoms with Crippen molar-refractivity contribution >= 4 is 27.9 Å². The van der Waals surface area contributed by atoms with Gasteiger partial charge in [0.05, 0.1) is 0 Å². The predicted molar refractivity (Wildman–Crippen MR) is 94.7 cm³/mol. The van der Waals surface area contributed by atoms with Crippen molar-refractivity contribution in [3.8, 4) is 5.75 Å². The summed E-state index contributed by atoms with van der Waals surface area (Å²) < 4.78 is 0. The van der Waals surface area contributed by atoms with Crippen molar-refractivity contribution in [1.29, 1.82) is 0 Å². The fourth-order valence-electron chi connectivity index (χ4n) is 2.47. The molecule has 0 unspecified atom stereocenters. The Morgan fingerprint density at radius 2 is 1.70 bits per heavy atom.